The normalized spacial score (nSPS) is 15.7. The molecule has 1 amide bonds. The second-order valence-corrected chi connectivity index (χ2v) is 9.28. The molecule has 1 aliphatic heterocycles. The Morgan fingerprint density at radius 2 is 2.03 bits per heavy atom. The summed E-state index contributed by atoms with van der Waals surface area (Å²) in [5.41, 5.74) is 0.766. The first-order valence-corrected chi connectivity index (χ1v) is 11.7. The Morgan fingerprint density at radius 3 is 2.69 bits per heavy atom. The van der Waals surface area contributed by atoms with Crippen LogP contribution in [-0.2, 0) is 14.8 Å². The number of hydrogen-bond acceptors (Lipinski definition) is 8. The third-order valence-corrected chi connectivity index (χ3v) is 6.84. The molecule has 1 unspecified atom stereocenters. The summed E-state index contributed by atoms with van der Waals surface area (Å²) in [6, 6.07) is 9.18. The zero-order valence-electron chi connectivity index (χ0n) is 17.6. The molecule has 0 aliphatic carbocycles. The number of morpholine rings is 1. The summed E-state index contributed by atoms with van der Waals surface area (Å²) >= 11 is 0. The molecule has 0 saturated carbocycles. The van der Waals surface area contributed by atoms with Crippen molar-refractivity contribution in [1.82, 2.24) is 14.6 Å². The number of carbonyl (C=O) groups is 1. The van der Waals surface area contributed by atoms with Gasteiger partial charge in [0.1, 0.15) is 5.69 Å². The zero-order valence-corrected chi connectivity index (χ0v) is 18.4. The first kappa shape index (κ1) is 23.6. The minimum absolute atomic E-state index is 0.0662. The summed E-state index contributed by atoms with van der Waals surface area (Å²) in [4.78, 5) is 27.7. The number of rotatable bonds is 9. The average molecular weight is 464 g/mol. The van der Waals surface area contributed by atoms with E-state index in [2.05, 4.69) is 15.6 Å². The van der Waals surface area contributed by atoms with E-state index in [-0.39, 0.29) is 48.4 Å². The van der Waals surface area contributed by atoms with Gasteiger partial charge in [-0.3, -0.25) is 19.9 Å². The molecule has 2 aromatic rings. The van der Waals surface area contributed by atoms with Crippen LogP contribution in [0.5, 0.6) is 0 Å². The molecule has 1 saturated heterocycles. The quantitative estimate of drug-likeness (QED) is 0.421. The number of nitro groups is 1. The number of nitro benzene ring substituents is 1. The predicted molar refractivity (Wildman–Crippen MR) is 118 cm³/mol. The van der Waals surface area contributed by atoms with Crippen LogP contribution < -0.4 is 10.6 Å². The molecule has 2 heterocycles. The smallest absolute Gasteiger partial charge is 0.293 e. The fourth-order valence-electron chi connectivity index (χ4n) is 3.23. The SMILES string of the molecule is CC(Nc1ccc(C(=O)NCCS(=O)(=O)N2CCOCC2)cc1[N+](=O)[O-])c1ccccn1. The summed E-state index contributed by atoms with van der Waals surface area (Å²) in [5.74, 6) is -0.850. The van der Waals surface area contributed by atoms with Gasteiger partial charge in [-0.15, -0.1) is 0 Å². The van der Waals surface area contributed by atoms with Gasteiger partial charge in [0.15, 0.2) is 0 Å². The molecular weight excluding hydrogens is 438 g/mol. The van der Waals surface area contributed by atoms with Crippen molar-refractivity contribution >= 4 is 27.3 Å². The summed E-state index contributed by atoms with van der Waals surface area (Å²) < 4.78 is 31.1. The van der Waals surface area contributed by atoms with Crippen LogP contribution in [0.25, 0.3) is 0 Å². The van der Waals surface area contributed by atoms with Crippen molar-refractivity contribution in [3.05, 3.63) is 64.0 Å². The minimum Gasteiger partial charge on any atom is -0.379 e. The molecule has 1 aliphatic rings. The molecule has 12 heteroatoms. The van der Waals surface area contributed by atoms with Crippen molar-refractivity contribution in [3.8, 4) is 0 Å². The molecule has 32 heavy (non-hydrogen) atoms. The highest BCUT2D eigenvalue weighted by Gasteiger charge is 2.24. The van der Waals surface area contributed by atoms with Crippen molar-refractivity contribution in [2.24, 2.45) is 0 Å². The maximum atomic E-state index is 12.4. The number of anilines is 1. The zero-order chi connectivity index (χ0) is 23.1. The fourth-order valence-corrected chi connectivity index (χ4v) is 4.56. The van der Waals surface area contributed by atoms with Gasteiger partial charge in [-0.2, -0.15) is 4.31 Å². The van der Waals surface area contributed by atoms with Crippen LogP contribution in [-0.4, -0.2) is 67.1 Å². The molecule has 0 spiro atoms. The van der Waals surface area contributed by atoms with Crippen LogP contribution in [0, 0.1) is 10.1 Å². The topological polar surface area (TPSA) is 144 Å². The van der Waals surface area contributed by atoms with E-state index in [4.69, 9.17) is 4.74 Å². The third-order valence-electron chi connectivity index (χ3n) is 4.97. The van der Waals surface area contributed by atoms with Crippen LogP contribution in [0.4, 0.5) is 11.4 Å². The summed E-state index contributed by atoms with van der Waals surface area (Å²) in [5, 5.41) is 17.1. The van der Waals surface area contributed by atoms with E-state index in [1.807, 2.05) is 13.0 Å². The lowest BCUT2D eigenvalue weighted by atomic mass is 10.1. The number of carbonyl (C=O) groups excluding carboxylic acids is 1. The van der Waals surface area contributed by atoms with Gasteiger partial charge >= 0.3 is 0 Å². The van der Waals surface area contributed by atoms with Crippen molar-refractivity contribution in [1.29, 1.82) is 0 Å². The van der Waals surface area contributed by atoms with Crippen LogP contribution >= 0.6 is 0 Å². The average Bonchev–Trinajstić information content (AvgIpc) is 2.80. The molecule has 0 radical (unpaired) electrons. The highest BCUT2D eigenvalue weighted by atomic mass is 32.2. The van der Waals surface area contributed by atoms with E-state index in [1.54, 1.807) is 18.3 Å². The fraction of sp³-hybridized carbons (Fsp3) is 0.400. The number of pyridine rings is 1. The maximum Gasteiger partial charge on any atom is 0.293 e. The summed E-state index contributed by atoms with van der Waals surface area (Å²) in [7, 11) is -3.51. The predicted octanol–water partition coefficient (Wildman–Crippen LogP) is 1.55. The Bertz CT molecular complexity index is 1060. The third kappa shape index (κ3) is 5.99. The van der Waals surface area contributed by atoms with E-state index in [1.165, 1.54) is 22.5 Å². The van der Waals surface area contributed by atoms with Gasteiger partial charge in [-0.05, 0) is 31.2 Å². The Hall–Kier alpha value is -3.09. The molecule has 1 aromatic heterocycles. The number of sulfonamides is 1. The second-order valence-electron chi connectivity index (χ2n) is 7.19. The molecule has 11 nitrogen and oxygen atoms in total. The largest absolute Gasteiger partial charge is 0.379 e. The molecule has 172 valence electrons. The summed E-state index contributed by atoms with van der Waals surface area (Å²) in [6.45, 7) is 2.97. The Kier molecular flexibility index (Phi) is 7.72. The highest BCUT2D eigenvalue weighted by Crippen LogP contribution is 2.28. The number of amides is 1. The molecule has 1 aromatic carbocycles. The molecule has 1 fully saturated rings. The van der Waals surface area contributed by atoms with Crippen LogP contribution in [0.1, 0.15) is 29.0 Å². The first-order chi connectivity index (χ1) is 15.3. The Labute approximate surface area is 186 Å². The number of hydrogen-bond donors (Lipinski definition) is 2. The molecule has 2 N–H and O–H groups in total. The van der Waals surface area contributed by atoms with Crippen LogP contribution in [0.15, 0.2) is 42.6 Å². The first-order valence-electron chi connectivity index (χ1n) is 10.1. The van der Waals surface area contributed by atoms with E-state index < -0.39 is 20.9 Å². The lowest BCUT2D eigenvalue weighted by Gasteiger charge is -2.26. The number of ether oxygens (including phenoxy) is 1. The van der Waals surface area contributed by atoms with Gasteiger partial charge in [0.25, 0.3) is 11.6 Å². The lowest BCUT2D eigenvalue weighted by molar-refractivity contribution is -0.384. The standard InChI is InChI=1S/C20H25N5O6S/c1-15(17-4-2-3-7-21-17)23-18-6-5-16(14-19(18)25(27)28)20(26)22-8-13-32(29,30)24-9-11-31-12-10-24/h2-7,14-15,23H,8-13H2,1H3,(H,22,26). The highest BCUT2D eigenvalue weighted by molar-refractivity contribution is 7.89. The Morgan fingerprint density at radius 1 is 1.28 bits per heavy atom. The molecular formula is C20H25N5O6S. The monoisotopic (exact) mass is 463 g/mol. The summed E-state index contributed by atoms with van der Waals surface area (Å²) in [6.07, 6.45) is 1.63. The van der Waals surface area contributed by atoms with E-state index in [0.29, 0.717) is 18.9 Å². The van der Waals surface area contributed by atoms with Crippen molar-refractivity contribution in [2.75, 3.05) is 43.9 Å². The number of aromatic nitrogens is 1. The van der Waals surface area contributed by atoms with Crippen LogP contribution in [0.2, 0.25) is 0 Å². The lowest BCUT2D eigenvalue weighted by Crippen LogP contribution is -2.43. The van der Waals surface area contributed by atoms with Gasteiger partial charge < -0.3 is 15.4 Å². The van der Waals surface area contributed by atoms with Crippen molar-refractivity contribution in [3.63, 3.8) is 0 Å². The van der Waals surface area contributed by atoms with Gasteiger partial charge in [0, 0.05) is 37.5 Å². The van der Waals surface area contributed by atoms with E-state index in [0.717, 1.165) is 0 Å². The van der Waals surface area contributed by atoms with Gasteiger partial charge in [0.05, 0.1) is 35.6 Å². The molecule has 0 bridgehead atoms. The number of nitrogens with one attached hydrogen (secondary N) is 2. The van der Waals surface area contributed by atoms with Crippen molar-refractivity contribution < 1.29 is 22.9 Å². The molecule has 3 rings (SSSR count). The minimum atomic E-state index is -3.51. The maximum absolute atomic E-state index is 12.4. The number of benzene rings is 1. The van der Waals surface area contributed by atoms with Gasteiger partial charge in [-0.1, -0.05) is 6.07 Å². The van der Waals surface area contributed by atoms with E-state index in [9.17, 15) is 23.3 Å². The van der Waals surface area contributed by atoms with Gasteiger partial charge in [-0.25, -0.2) is 8.42 Å². The van der Waals surface area contributed by atoms with Crippen LogP contribution in [0.3, 0.4) is 0 Å². The second kappa shape index (κ2) is 10.5. The Balaban J connectivity index is 1.64. The number of nitrogens with zero attached hydrogens (tertiary/aromatic N) is 3. The van der Waals surface area contributed by atoms with Crippen molar-refractivity contribution in [2.45, 2.75) is 13.0 Å². The van der Waals surface area contributed by atoms with E-state index >= 15 is 0 Å². The van der Waals surface area contributed by atoms with Gasteiger partial charge in [0.2, 0.25) is 10.0 Å². The molecule has 1 atom stereocenters.